The highest BCUT2D eigenvalue weighted by molar-refractivity contribution is 5.67. The molecular formula is C17H19N3O2. The number of hydrogen-bond donors (Lipinski definition) is 1. The standard InChI is InChI=1S/C17H19N3O2/c1-13-16(14(2)20(3)19-13)10-7-11-18-17(21)22-12-15-8-5-4-6-9-15/h4-6,8-9H,11-12H2,1-3H3,(H,18,21). The van der Waals surface area contributed by atoms with Gasteiger partial charge in [0.25, 0.3) is 0 Å². The zero-order chi connectivity index (χ0) is 15.9. The van der Waals surface area contributed by atoms with E-state index in [1.165, 1.54) is 0 Å². The zero-order valence-corrected chi connectivity index (χ0v) is 13.0. The molecule has 0 aliphatic heterocycles. The van der Waals surface area contributed by atoms with E-state index in [1.807, 2.05) is 51.2 Å². The molecule has 5 nitrogen and oxygen atoms in total. The van der Waals surface area contributed by atoms with Crippen LogP contribution >= 0.6 is 0 Å². The maximum Gasteiger partial charge on any atom is 0.408 e. The first-order valence-corrected chi connectivity index (χ1v) is 7.01. The summed E-state index contributed by atoms with van der Waals surface area (Å²) < 4.78 is 6.89. The number of nitrogens with zero attached hydrogens (tertiary/aromatic N) is 2. The highest BCUT2D eigenvalue weighted by Gasteiger charge is 2.05. The number of rotatable bonds is 3. The Bertz CT molecular complexity index is 709. The molecule has 114 valence electrons. The van der Waals surface area contributed by atoms with Gasteiger partial charge in [0.05, 0.1) is 23.5 Å². The predicted molar refractivity (Wildman–Crippen MR) is 84.2 cm³/mol. The van der Waals surface area contributed by atoms with Crippen LogP contribution in [0.25, 0.3) is 0 Å². The van der Waals surface area contributed by atoms with Crippen molar-refractivity contribution in [1.82, 2.24) is 15.1 Å². The van der Waals surface area contributed by atoms with Crippen LogP contribution in [-0.2, 0) is 18.4 Å². The maximum atomic E-state index is 11.5. The minimum atomic E-state index is -0.474. The number of carbonyl (C=O) groups is 1. The normalized spacial score (nSPS) is 9.77. The van der Waals surface area contributed by atoms with Gasteiger partial charge in [0.15, 0.2) is 0 Å². The van der Waals surface area contributed by atoms with E-state index in [2.05, 4.69) is 22.3 Å². The Balaban J connectivity index is 1.79. The summed E-state index contributed by atoms with van der Waals surface area (Å²) in [7, 11) is 1.88. The number of carbonyl (C=O) groups excluding carboxylic acids is 1. The molecule has 0 aliphatic rings. The quantitative estimate of drug-likeness (QED) is 0.885. The molecule has 2 rings (SSSR count). The third-order valence-corrected chi connectivity index (χ3v) is 3.26. The van der Waals surface area contributed by atoms with Crippen molar-refractivity contribution in [3.8, 4) is 11.8 Å². The molecule has 5 heteroatoms. The Morgan fingerprint density at radius 3 is 2.68 bits per heavy atom. The van der Waals surface area contributed by atoms with Crippen molar-refractivity contribution in [3.63, 3.8) is 0 Å². The molecule has 0 saturated heterocycles. The van der Waals surface area contributed by atoms with E-state index >= 15 is 0 Å². The molecule has 1 N–H and O–H groups in total. The van der Waals surface area contributed by atoms with Crippen LogP contribution in [0, 0.1) is 25.7 Å². The van der Waals surface area contributed by atoms with Gasteiger partial charge >= 0.3 is 6.09 Å². The third kappa shape index (κ3) is 4.13. The topological polar surface area (TPSA) is 56.2 Å². The third-order valence-electron chi connectivity index (χ3n) is 3.26. The van der Waals surface area contributed by atoms with Gasteiger partial charge in [-0.3, -0.25) is 4.68 Å². The molecule has 0 saturated carbocycles. The molecule has 2 aromatic rings. The zero-order valence-electron chi connectivity index (χ0n) is 13.0. The second-order valence-corrected chi connectivity index (χ2v) is 4.89. The number of amides is 1. The van der Waals surface area contributed by atoms with Crippen molar-refractivity contribution in [2.45, 2.75) is 20.5 Å². The smallest absolute Gasteiger partial charge is 0.408 e. The monoisotopic (exact) mass is 297 g/mol. The molecule has 1 heterocycles. The van der Waals surface area contributed by atoms with Gasteiger partial charge in [-0.1, -0.05) is 42.2 Å². The molecular weight excluding hydrogens is 278 g/mol. The number of hydrogen-bond acceptors (Lipinski definition) is 3. The van der Waals surface area contributed by atoms with Crippen LogP contribution in [-0.4, -0.2) is 22.4 Å². The van der Waals surface area contributed by atoms with E-state index in [-0.39, 0.29) is 13.2 Å². The lowest BCUT2D eigenvalue weighted by Crippen LogP contribution is -2.24. The van der Waals surface area contributed by atoms with Crippen LogP contribution < -0.4 is 5.32 Å². The summed E-state index contributed by atoms with van der Waals surface area (Å²) in [5.74, 6) is 5.94. The van der Waals surface area contributed by atoms with Crippen molar-refractivity contribution in [3.05, 3.63) is 52.8 Å². The van der Waals surface area contributed by atoms with Gasteiger partial charge in [-0.05, 0) is 19.4 Å². The van der Waals surface area contributed by atoms with E-state index in [1.54, 1.807) is 4.68 Å². The highest BCUT2D eigenvalue weighted by Crippen LogP contribution is 2.09. The second-order valence-electron chi connectivity index (χ2n) is 4.89. The Morgan fingerprint density at radius 1 is 1.32 bits per heavy atom. The summed E-state index contributed by atoms with van der Waals surface area (Å²) in [6.07, 6.45) is -0.474. The number of ether oxygens (including phenoxy) is 1. The van der Waals surface area contributed by atoms with E-state index in [0.29, 0.717) is 0 Å². The van der Waals surface area contributed by atoms with Crippen LogP contribution in [0.15, 0.2) is 30.3 Å². The van der Waals surface area contributed by atoms with Gasteiger partial charge in [-0.25, -0.2) is 4.79 Å². The van der Waals surface area contributed by atoms with Crippen LogP contribution in [0.1, 0.15) is 22.5 Å². The van der Waals surface area contributed by atoms with Gasteiger partial charge in [0.1, 0.15) is 6.61 Å². The molecule has 0 radical (unpaired) electrons. The molecule has 22 heavy (non-hydrogen) atoms. The van der Waals surface area contributed by atoms with Crippen molar-refractivity contribution in [2.75, 3.05) is 6.54 Å². The summed E-state index contributed by atoms with van der Waals surface area (Å²) in [4.78, 5) is 11.5. The molecule has 0 spiro atoms. The predicted octanol–water partition coefficient (Wildman–Crippen LogP) is 2.31. The fourth-order valence-corrected chi connectivity index (χ4v) is 1.98. The first kappa shape index (κ1) is 15.6. The van der Waals surface area contributed by atoms with Crippen LogP contribution in [0.3, 0.4) is 0 Å². The molecule has 0 aliphatic carbocycles. The highest BCUT2D eigenvalue weighted by atomic mass is 16.5. The van der Waals surface area contributed by atoms with Gasteiger partial charge in [-0.15, -0.1) is 0 Å². The van der Waals surface area contributed by atoms with E-state index in [9.17, 15) is 4.79 Å². The number of nitrogens with one attached hydrogen (secondary N) is 1. The van der Waals surface area contributed by atoms with E-state index in [4.69, 9.17) is 4.74 Å². The lowest BCUT2D eigenvalue weighted by Gasteiger charge is -2.04. The molecule has 0 fully saturated rings. The fourth-order valence-electron chi connectivity index (χ4n) is 1.98. The van der Waals surface area contributed by atoms with E-state index in [0.717, 1.165) is 22.5 Å². The lowest BCUT2D eigenvalue weighted by atomic mass is 10.2. The molecule has 1 amide bonds. The largest absolute Gasteiger partial charge is 0.445 e. The van der Waals surface area contributed by atoms with Crippen LogP contribution in [0.5, 0.6) is 0 Å². The first-order chi connectivity index (χ1) is 10.6. The minimum Gasteiger partial charge on any atom is -0.445 e. The van der Waals surface area contributed by atoms with Crippen molar-refractivity contribution in [1.29, 1.82) is 0 Å². The maximum absolute atomic E-state index is 11.5. The van der Waals surface area contributed by atoms with Crippen LogP contribution in [0.4, 0.5) is 4.79 Å². The number of aryl methyl sites for hydroxylation is 2. The molecule has 1 aromatic carbocycles. The van der Waals surface area contributed by atoms with Gasteiger partial charge in [0, 0.05) is 7.05 Å². The number of aromatic nitrogens is 2. The molecule has 0 unspecified atom stereocenters. The summed E-state index contributed by atoms with van der Waals surface area (Å²) in [5, 5.41) is 6.90. The Kier molecular flexibility index (Phi) is 5.21. The Labute approximate surface area is 130 Å². The summed E-state index contributed by atoms with van der Waals surface area (Å²) in [6.45, 7) is 4.37. The van der Waals surface area contributed by atoms with Crippen molar-refractivity contribution < 1.29 is 9.53 Å². The molecule has 1 aromatic heterocycles. The minimum absolute atomic E-state index is 0.237. The number of benzene rings is 1. The van der Waals surface area contributed by atoms with Gasteiger partial charge in [-0.2, -0.15) is 5.10 Å². The van der Waals surface area contributed by atoms with E-state index < -0.39 is 6.09 Å². The Hall–Kier alpha value is -2.74. The lowest BCUT2D eigenvalue weighted by molar-refractivity contribution is 0.141. The van der Waals surface area contributed by atoms with Gasteiger partial charge < -0.3 is 10.1 Å². The molecule has 0 atom stereocenters. The number of alkyl carbamates (subject to hydrolysis) is 1. The summed E-state index contributed by atoms with van der Waals surface area (Å²) in [5.41, 5.74) is 3.75. The van der Waals surface area contributed by atoms with Crippen LogP contribution in [0.2, 0.25) is 0 Å². The van der Waals surface area contributed by atoms with Gasteiger partial charge in [0.2, 0.25) is 0 Å². The summed E-state index contributed by atoms with van der Waals surface area (Å²) >= 11 is 0. The van der Waals surface area contributed by atoms with Crippen molar-refractivity contribution >= 4 is 6.09 Å². The second kappa shape index (κ2) is 7.32. The Morgan fingerprint density at radius 2 is 2.05 bits per heavy atom. The van der Waals surface area contributed by atoms with Crippen molar-refractivity contribution in [2.24, 2.45) is 7.05 Å². The molecule has 0 bridgehead atoms. The average molecular weight is 297 g/mol. The summed E-state index contributed by atoms with van der Waals surface area (Å²) in [6, 6.07) is 9.53. The average Bonchev–Trinajstić information content (AvgIpc) is 2.76. The first-order valence-electron chi connectivity index (χ1n) is 7.01. The SMILES string of the molecule is Cc1nn(C)c(C)c1C#CCNC(=O)OCc1ccccc1. The fraction of sp³-hybridized carbons (Fsp3) is 0.294.